The van der Waals surface area contributed by atoms with Gasteiger partial charge in [-0.25, -0.2) is 13.1 Å². The fraction of sp³-hybridized carbons (Fsp3) is 0.200. The number of nitrogens with one attached hydrogen (secondary N) is 1. The van der Waals surface area contributed by atoms with Crippen molar-refractivity contribution in [1.82, 2.24) is 4.72 Å². The number of sulfonamides is 1. The lowest BCUT2D eigenvalue weighted by molar-refractivity contribution is 0.299. The molecule has 0 fully saturated rings. The molecule has 0 heterocycles. The van der Waals surface area contributed by atoms with E-state index in [2.05, 4.69) is 4.72 Å². The largest absolute Gasteiger partial charge is 0.396 e. The fourth-order valence-electron chi connectivity index (χ4n) is 1.83. The highest BCUT2D eigenvalue weighted by Gasteiger charge is 2.13. The zero-order valence-electron chi connectivity index (χ0n) is 11.3. The van der Waals surface area contributed by atoms with E-state index in [1.54, 1.807) is 36.4 Å². The molecule has 0 amide bonds. The number of halogens is 1. The van der Waals surface area contributed by atoms with E-state index in [1.165, 1.54) is 12.1 Å². The van der Waals surface area contributed by atoms with Crippen molar-refractivity contribution in [2.45, 2.75) is 17.9 Å². The predicted octanol–water partition coefficient (Wildman–Crippen LogP) is 2.35. The SMILES string of the molecule is O=S(=O)(NCc1ccc(Cl)cc1)c1ccc(CCO)cc1. The molecule has 2 rings (SSSR count). The molecule has 6 heteroatoms. The van der Waals surface area contributed by atoms with E-state index in [4.69, 9.17) is 16.7 Å². The Kier molecular flexibility index (Phi) is 5.36. The molecule has 0 bridgehead atoms. The van der Waals surface area contributed by atoms with E-state index < -0.39 is 10.0 Å². The van der Waals surface area contributed by atoms with Crippen molar-refractivity contribution in [3.8, 4) is 0 Å². The van der Waals surface area contributed by atoms with Gasteiger partial charge in [-0.3, -0.25) is 0 Å². The molecule has 21 heavy (non-hydrogen) atoms. The summed E-state index contributed by atoms with van der Waals surface area (Å²) in [6.07, 6.45) is 0.512. The second-order valence-electron chi connectivity index (χ2n) is 4.57. The summed E-state index contributed by atoms with van der Waals surface area (Å²) in [5, 5.41) is 9.45. The maximum Gasteiger partial charge on any atom is 0.240 e. The summed E-state index contributed by atoms with van der Waals surface area (Å²) in [4.78, 5) is 0.207. The van der Waals surface area contributed by atoms with E-state index >= 15 is 0 Å². The quantitative estimate of drug-likeness (QED) is 0.856. The Bertz CT molecular complexity index is 682. The fourth-order valence-corrected chi connectivity index (χ4v) is 2.97. The molecule has 2 aromatic rings. The van der Waals surface area contributed by atoms with Crippen LogP contribution in [-0.2, 0) is 23.0 Å². The van der Waals surface area contributed by atoms with Crippen molar-refractivity contribution in [3.05, 3.63) is 64.7 Å². The number of hydrogen-bond acceptors (Lipinski definition) is 3. The van der Waals surface area contributed by atoms with Gasteiger partial charge in [-0.2, -0.15) is 0 Å². The van der Waals surface area contributed by atoms with Crippen molar-refractivity contribution in [3.63, 3.8) is 0 Å². The zero-order chi connectivity index (χ0) is 15.3. The summed E-state index contributed by atoms with van der Waals surface area (Å²) < 4.78 is 26.9. The molecule has 0 aromatic heterocycles. The topological polar surface area (TPSA) is 66.4 Å². The van der Waals surface area contributed by atoms with Crippen molar-refractivity contribution < 1.29 is 13.5 Å². The van der Waals surface area contributed by atoms with E-state index in [9.17, 15) is 8.42 Å². The number of benzene rings is 2. The Labute approximate surface area is 129 Å². The summed E-state index contributed by atoms with van der Waals surface area (Å²) >= 11 is 5.78. The first-order chi connectivity index (χ1) is 10.0. The van der Waals surface area contributed by atoms with Gasteiger partial charge in [0, 0.05) is 18.2 Å². The highest BCUT2D eigenvalue weighted by Crippen LogP contribution is 2.13. The molecule has 0 aliphatic rings. The van der Waals surface area contributed by atoms with Gasteiger partial charge in [0.2, 0.25) is 10.0 Å². The van der Waals surface area contributed by atoms with Gasteiger partial charge < -0.3 is 5.11 Å². The third-order valence-electron chi connectivity index (χ3n) is 3.01. The monoisotopic (exact) mass is 325 g/mol. The summed E-state index contributed by atoms with van der Waals surface area (Å²) in [7, 11) is -3.55. The summed E-state index contributed by atoms with van der Waals surface area (Å²) in [6.45, 7) is 0.249. The van der Waals surface area contributed by atoms with Gasteiger partial charge in [0.25, 0.3) is 0 Å². The molecule has 0 aliphatic carbocycles. The van der Waals surface area contributed by atoms with Crippen LogP contribution in [-0.4, -0.2) is 20.1 Å². The van der Waals surface area contributed by atoms with Gasteiger partial charge in [0.15, 0.2) is 0 Å². The van der Waals surface area contributed by atoms with Gasteiger partial charge in [0.05, 0.1) is 4.90 Å². The summed E-state index contributed by atoms with van der Waals surface area (Å²) in [5.41, 5.74) is 1.73. The lowest BCUT2D eigenvalue weighted by Crippen LogP contribution is -2.23. The minimum Gasteiger partial charge on any atom is -0.396 e. The van der Waals surface area contributed by atoms with Gasteiger partial charge in [-0.1, -0.05) is 35.9 Å². The molecule has 0 saturated carbocycles. The average Bonchev–Trinajstić information content (AvgIpc) is 2.48. The van der Waals surface area contributed by atoms with Crippen molar-refractivity contribution >= 4 is 21.6 Å². The summed E-state index contributed by atoms with van der Waals surface area (Å²) in [5.74, 6) is 0. The first-order valence-corrected chi connectivity index (χ1v) is 8.31. The van der Waals surface area contributed by atoms with Crippen LogP contribution in [0.5, 0.6) is 0 Å². The maximum atomic E-state index is 12.2. The number of aliphatic hydroxyl groups excluding tert-OH is 1. The maximum absolute atomic E-state index is 12.2. The molecule has 0 unspecified atom stereocenters. The van der Waals surface area contributed by atoms with Gasteiger partial charge in [0.1, 0.15) is 0 Å². The van der Waals surface area contributed by atoms with E-state index in [-0.39, 0.29) is 18.0 Å². The van der Waals surface area contributed by atoms with Crippen molar-refractivity contribution in [2.75, 3.05) is 6.61 Å². The highest BCUT2D eigenvalue weighted by molar-refractivity contribution is 7.89. The van der Waals surface area contributed by atoms with E-state index in [0.717, 1.165) is 11.1 Å². The van der Waals surface area contributed by atoms with Gasteiger partial charge in [-0.15, -0.1) is 0 Å². The van der Waals surface area contributed by atoms with Gasteiger partial charge >= 0.3 is 0 Å². The first kappa shape index (κ1) is 16.0. The van der Waals surface area contributed by atoms with E-state index in [0.29, 0.717) is 11.4 Å². The Hall–Kier alpha value is -1.40. The van der Waals surface area contributed by atoms with Crippen LogP contribution in [0.1, 0.15) is 11.1 Å². The second-order valence-corrected chi connectivity index (χ2v) is 6.77. The molecule has 0 radical (unpaired) electrons. The Morgan fingerprint density at radius 3 is 2.10 bits per heavy atom. The minimum absolute atomic E-state index is 0.0426. The molecule has 0 aliphatic heterocycles. The first-order valence-electron chi connectivity index (χ1n) is 6.45. The number of aliphatic hydroxyl groups is 1. The Morgan fingerprint density at radius 2 is 1.52 bits per heavy atom. The van der Waals surface area contributed by atoms with Gasteiger partial charge in [-0.05, 0) is 41.8 Å². The minimum atomic E-state index is -3.55. The zero-order valence-corrected chi connectivity index (χ0v) is 12.9. The molecule has 4 nitrogen and oxygen atoms in total. The molecular formula is C15H16ClNO3S. The third-order valence-corrected chi connectivity index (χ3v) is 4.68. The predicted molar refractivity (Wildman–Crippen MR) is 82.7 cm³/mol. The van der Waals surface area contributed by atoms with Crippen LogP contribution in [0.25, 0.3) is 0 Å². The molecule has 0 spiro atoms. The summed E-state index contributed by atoms with van der Waals surface area (Å²) in [6, 6.07) is 13.5. The molecule has 0 atom stereocenters. The van der Waals surface area contributed by atoms with Crippen LogP contribution in [0.15, 0.2) is 53.4 Å². The number of hydrogen-bond donors (Lipinski definition) is 2. The van der Waals surface area contributed by atoms with Crippen LogP contribution in [0.3, 0.4) is 0 Å². The average molecular weight is 326 g/mol. The molecular weight excluding hydrogens is 310 g/mol. The van der Waals surface area contributed by atoms with E-state index in [1.807, 2.05) is 0 Å². The Balaban J connectivity index is 2.05. The molecule has 2 N–H and O–H groups in total. The molecule has 0 saturated heterocycles. The Morgan fingerprint density at radius 1 is 0.952 bits per heavy atom. The van der Waals surface area contributed by atoms with Crippen molar-refractivity contribution in [1.29, 1.82) is 0 Å². The lowest BCUT2D eigenvalue weighted by atomic mass is 10.2. The van der Waals surface area contributed by atoms with Crippen LogP contribution in [0.4, 0.5) is 0 Å². The second kappa shape index (κ2) is 7.04. The number of rotatable bonds is 6. The normalized spacial score (nSPS) is 11.5. The van der Waals surface area contributed by atoms with Crippen LogP contribution < -0.4 is 4.72 Å². The highest BCUT2D eigenvalue weighted by atomic mass is 35.5. The van der Waals surface area contributed by atoms with Crippen LogP contribution in [0, 0.1) is 0 Å². The molecule has 112 valence electrons. The van der Waals surface area contributed by atoms with Crippen molar-refractivity contribution in [2.24, 2.45) is 0 Å². The van der Waals surface area contributed by atoms with Crippen LogP contribution >= 0.6 is 11.6 Å². The third kappa shape index (κ3) is 4.54. The smallest absolute Gasteiger partial charge is 0.240 e. The molecule has 2 aromatic carbocycles. The van der Waals surface area contributed by atoms with Crippen LogP contribution in [0.2, 0.25) is 5.02 Å². The lowest BCUT2D eigenvalue weighted by Gasteiger charge is -2.08. The standard InChI is InChI=1S/C15H16ClNO3S/c16-14-5-1-13(2-6-14)11-17-21(19,20)15-7-3-12(4-8-15)9-10-18/h1-8,17-18H,9-11H2.